The van der Waals surface area contributed by atoms with Crippen molar-refractivity contribution < 1.29 is 42.5 Å². The molecule has 5 atom stereocenters. The van der Waals surface area contributed by atoms with Crippen LogP contribution in [0.4, 0.5) is 4.39 Å². The Morgan fingerprint density at radius 1 is 0.920 bits per heavy atom. The van der Waals surface area contributed by atoms with E-state index in [-0.39, 0.29) is 54.6 Å². The molecule has 0 radical (unpaired) electrons. The average molecular weight is 1040 g/mol. The number of halogens is 1. The van der Waals surface area contributed by atoms with Gasteiger partial charge in [-0.05, 0) is 61.6 Å². The topological polar surface area (TPSA) is 241 Å². The molecule has 75 heavy (non-hydrogen) atoms. The smallest absolute Gasteiger partial charge is 0.249 e. The van der Waals surface area contributed by atoms with Crippen LogP contribution in [0.3, 0.4) is 0 Å². The van der Waals surface area contributed by atoms with E-state index in [1.54, 1.807) is 62.0 Å². The summed E-state index contributed by atoms with van der Waals surface area (Å²) >= 11 is 0. The number of ether oxygens (including phenoxy) is 4. The molecule has 19 nitrogen and oxygen atoms in total. The second kappa shape index (κ2) is 28.8. The van der Waals surface area contributed by atoms with E-state index in [1.165, 1.54) is 23.0 Å². The van der Waals surface area contributed by atoms with Gasteiger partial charge in [0.1, 0.15) is 23.5 Å². The number of aromatic amines is 1. The van der Waals surface area contributed by atoms with Crippen molar-refractivity contribution in [2.75, 3.05) is 73.0 Å². The highest BCUT2D eigenvalue weighted by atomic mass is 19.1. The maximum absolute atomic E-state index is 14.3. The molecule has 20 heteroatoms. The number of hydrogen-bond acceptors (Lipinski definition) is 14. The number of amides is 3. The van der Waals surface area contributed by atoms with E-state index < -0.39 is 23.5 Å². The van der Waals surface area contributed by atoms with Crippen LogP contribution in [0.2, 0.25) is 0 Å². The van der Waals surface area contributed by atoms with Crippen molar-refractivity contribution in [3.8, 4) is 11.1 Å². The van der Waals surface area contributed by atoms with Gasteiger partial charge in [-0.1, -0.05) is 70.2 Å². The third-order valence-corrected chi connectivity index (χ3v) is 12.9. The number of carbonyl (C=O) groups excluding carboxylic acids is 4. The van der Waals surface area contributed by atoms with E-state index in [0.717, 1.165) is 27.6 Å². The summed E-state index contributed by atoms with van der Waals surface area (Å²) in [5, 5.41) is 17.6. The molecule has 3 amide bonds. The quantitative estimate of drug-likeness (QED) is 0.0267. The van der Waals surface area contributed by atoms with Crippen molar-refractivity contribution in [3.05, 3.63) is 114 Å². The number of nitrogens with one attached hydrogen (secondary N) is 5. The van der Waals surface area contributed by atoms with E-state index in [4.69, 9.17) is 24.7 Å². The molecule has 2 aromatic carbocycles. The Bertz CT molecular complexity index is 2690. The molecule has 6 rings (SSSR count). The molecule has 7 N–H and O–H groups in total. The first-order valence-electron chi connectivity index (χ1n) is 25.6. The van der Waals surface area contributed by atoms with Crippen molar-refractivity contribution >= 4 is 46.4 Å². The van der Waals surface area contributed by atoms with Crippen molar-refractivity contribution in [3.63, 3.8) is 0 Å². The first kappa shape index (κ1) is 57.6. The van der Waals surface area contributed by atoms with Gasteiger partial charge in [0.2, 0.25) is 23.6 Å². The van der Waals surface area contributed by atoms with Crippen LogP contribution in [-0.2, 0) is 39.9 Å². The number of likely N-dealkylation sites (N-methyl/N-ethyl adjacent to an activating group) is 1. The van der Waals surface area contributed by atoms with Crippen LogP contribution in [0, 0.1) is 11.2 Å². The Morgan fingerprint density at radius 2 is 1.63 bits per heavy atom. The number of benzene rings is 2. The monoisotopic (exact) mass is 1040 g/mol. The molecule has 0 saturated carbocycles. The van der Waals surface area contributed by atoms with Gasteiger partial charge in [-0.2, -0.15) is 5.10 Å². The summed E-state index contributed by atoms with van der Waals surface area (Å²) in [6.07, 6.45) is 11.1. The number of allylic oxidation sites excluding steroid dienone is 1. The molecule has 1 aliphatic rings. The number of nitrogens with zero attached hydrogens (tertiary/aromatic N) is 5. The molecule has 1 aliphatic heterocycles. The lowest BCUT2D eigenvalue weighted by molar-refractivity contribution is -0.144. The SMILES string of the molecule is CC[C@@H](NC(=O)[C@@H]1C[C@H](NCCOCCOCCOCCOCCC(=O)n2cc(-c3cnc4[nH]cc(C(C=NCc5cccc(F)c5)=CN)c4c3)cn2)CN1C(=O)C(NC(=O)[C@H](C)NC)C(C)(C)C)c1ccccc1. The molecule has 0 spiro atoms. The zero-order valence-corrected chi connectivity index (χ0v) is 44.0. The van der Waals surface area contributed by atoms with Gasteiger partial charge in [0.15, 0.2) is 0 Å². The number of fused-ring (bicyclic) bond motifs is 1. The molecule has 404 valence electrons. The van der Waals surface area contributed by atoms with Crippen LogP contribution >= 0.6 is 0 Å². The predicted molar refractivity (Wildman–Crippen MR) is 286 cm³/mol. The number of aliphatic imine (C=N–C) groups is 1. The maximum atomic E-state index is 14.3. The van der Waals surface area contributed by atoms with Crippen molar-refractivity contribution in [2.24, 2.45) is 16.1 Å². The number of aromatic nitrogens is 4. The van der Waals surface area contributed by atoms with Gasteiger partial charge in [-0.15, -0.1) is 0 Å². The Labute approximate surface area is 438 Å². The third kappa shape index (κ3) is 16.9. The fourth-order valence-electron chi connectivity index (χ4n) is 8.53. The first-order valence-corrected chi connectivity index (χ1v) is 25.6. The third-order valence-electron chi connectivity index (χ3n) is 12.9. The summed E-state index contributed by atoms with van der Waals surface area (Å²) in [5.74, 6) is -1.37. The Balaban J connectivity index is 0.847. The largest absolute Gasteiger partial charge is 0.404 e. The Hall–Kier alpha value is -6.68. The van der Waals surface area contributed by atoms with Crippen molar-refractivity contribution in [2.45, 2.75) is 90.6 Å². The molecule has 5 aromatic rings. The highest BCUT2D eigenvalue weighted by Gasteiger charge is 2.45. The Kier molecular flexibility index (Phi) is 22.1. The van der Waals surface area contributed by atoms with E-state index in [2.05, 4.69) is 41.3 Å². The van der Waals surface area contributed by atoms with Crippen LogP contribution in [0.5, 0.6) is 0 Å². The minimum Gasteiger partial charge on any atom is -0.404 e. The van der Waals surface area contributed by atoms with Crippen LogP contribution in [0.25, 0.3) is 27.7 Å². The fraction of sp³-hybridized carbons (Fsp3) is 0.473. The maximum Gasteiger partial charge on any atom is 0.249 e. The molecule has 1 unspecified atom stereocenters. The van der Waals surface area contributed by atoms with Crippen LogP contribution in [-0.4, -0.2) is 152 Å². The molecule has 1 fully saturated rings. The molecule has 4 heterocycles. The lowest BCUT2D eigenvalue weighted by atomic mass is 9.85. The number of pyridine rings is 1. The van der Waals surface area contributed by atoms with Crippen molar-refractivity contribution in [1.29, 1.82) is 0 Å². The number of hydrogen-bond donors (Lipinski definition) is 6. The number of rotatable bonds is 29. The number of likely N-dealkylation sites (tertiary alicyclic amines) is 1. The summed E-state index contributed by atoms with van der Waals surface area (Å²) < 4.78 is 37.6. The lowest BCUT2D eigenvalue weighted by Gasteiger charge is -2.36. The van der Waals surface area contributed by atoms with E-state index in [1.807, 2.05) is 64.1 Å². The fourth-order valence-corrected chi connectivity index (χ4v) is 8.53. The van der Waals surface area contributed by atoms with Gasteiger partial charge in [-0.25, -0.2) is 14.1 Å². The summed E-state index contributed by atoms with van der Waals surface area (Å²) in [5.41, 5.74) is 10.7. The molecular weight excluding hydrogens is 962 g/mol. The number of carbonyl (C=O) groups is 4. The van der Waals surface area contributed by atoms with Crippen LogP contribution < -0.4 is 27.0 Å². The highest BCUT2D eigenvalue weighted by Crippen LogP contribution is 2.29. The van der Waals surface area contributed by atoms with Crippen molar-refractivity contribution in [1.82, 2.24) is 45.9 Å². The van der Waals surface area contributed by atoms with E-state index in [0.29, 0.717) is 95.5 Å². The first-order chi connectivity index (χ1) is 36.2. The van der Waals surface area contributed by atoms with Gasteiger partial charge >= 0.3 is 0 Å². The second-order valence-electron chi connectivity index (χ2n) is 19.4. The van der Waals surface area contributed by atoms with Crippen LogP contribution in [0.15, 0.2) is 96.6 Å². The molecule has 0 bridgehead atoms. The zero-order chi connectivity index (χ0) is 53.7. The van der Waals surface area contributed by atoms with Gasteiger partial charge in [0.05, 0.1) is 84.1 Å². The molecule has 1 saturated heterocycles. The zero-order valence-electron chi connectivity index (χ0n) is 44.0. The standard InChI is InChI=1S/C55H74FN11O8/c1-7-47(39-13-9-8-10-14-39)64-53(70)48-28-44(36-66(48)54(71)50(55(3,4)5)65-52(69)37(2)58-6)60-17-19-73-21-23-75-25-24-74-22-20-72-18-16-49(68)67-35-42(33-63-67)40-27-45-46(34-62-51(45)61-32-40)41(29-57)31-59-30-38-12-11-15-43(56)26-38/h8-15,26-27,29,31-35,37,44,47-48,50,58,60H,7,16-25,28,30,36,57H2,1-6H3,(H,61,62)(H,64,70)(H,65,69)/t37-,44-,47+,48-,50?/m0/s1. The minimum absolute atomic E-state index is 0.124. The average Bonchev–Trinajstić information content (AvgIpc) is 4.19. The predicted octanol–water partition coefficient (Wildman–Crippen LogP) is 5.20. The molecule has 3 aromatic heterocycles. The van der Waals surface area contributed by atoms with Crippen LogP contribution in [0.1, 0.15) is 81.4 Å². The highest BCUT2D eigenvalue weighted by molar-refractivity contribution is 6.14. The number of nitrogens with two attached hydrogens (primary N) is 1. The number of H-pyrrole nitrogens is 1. The summed E-state index contributed by atoms with van der Waals surface area (Å²) in [4.78, 5) is 68.0. The molecular formula is C55H74FN11O8. The summed E-state index contributed by atoms with van der Waals surface area (Å²) in [6.45, 7) is 13.3. The summed E-state index contributed by atoms with van der Waals surface area (Å²) in [6, 6.07) is 15.5. The summed E-state index contributed by atoms with van der Waals surface area (Å²) in [7, 11) is 1.69. The van der Waals surface area contributed by atoms with E-state index in [9.17, 15) is 23.6 Å². The minimum atomic E-state index is -0.848. The van der Waals surface area contributed by atoms with Gasteiger partial charge in [0, 0.05) is 77.8 Å². The Morgan fingerprint density at radius 3 is 2.29 bits per heavy atom. The van der Waals surface area contributed by atoms with Gasteiger partial charge < -0.3 is 55.8 Å². The normalized spacial score (nSPS) is 16.4. The van der Waals surface area contributed by atoms with Gasteiger partial charge in [-0.3, -0.25) is 24.2 Å². The second-order valence-corrected chi connectivity index (χ2v) is 19.4. The molecule has 0 aliphatic carbocycles. The van der Waals surface area contributed by atoms with E-state index >= 15 is 0 Å². The van der Waals surface area contributed by atoms with Gasteiger partial charge in [0.25, 0.3) is 0 Å². The lowest BCUT2D eigenvalue weighted by Crippen LogP contribution is -2.59.